The summed E-state index contributed by atoms with van der Waals surface area (Å²) in [5.74, 6) is -1.48. The van der Waals surface area contributed by atoms with Gasteiger partial charge in [-0.1, -0.05) is 24.6 Å². The van der Waals surface area contributed by atoms with Crippen molar-refractivity contribution < 1.29 is 30.8 Å². The van der Waals surface area contributed by atoms with E-state index in [1.165, 1.54) is 52.1 Å². The Labute approximate surface area is 217 Å². The van der Waals surface area contributed by atoms with Gasteiger partial charge < -0.3 is 10.1 Å². The van der Waals surface area contributed by atoms with Crippen molar-refractivity contribution in [3.8, 4) is 5.75 Å². The van der Waals surface area contributed by atoms with Crippen molar-refractivity contribution in [3.63, 3.8) is 0 Å². The highest BCUT2D eigenvalue weighted by Gasteiger charge is 2.32. The number of carbonyl (C=O) groups excluding carboxylic acids is 1. The Hall–Kier alpha value is -2.54. The summed E-state index contributed by atoms with van der Waals surface area (Å²) >= 11 is 0. The first-order valence-corrected chi connectivity index (χ1v) is 15.4. The Morgan fingerprint density at radius 2 is 1.65 bits per heavy atom. The van der Waals surface area contributed by atoms with Crippen LogP contribution in [-0.2, 0) is 30.6 Å². The zero-order valence-electron chi connectivity index (χ0n) is 20.7. The van der Waals surface area contributed by atoms with Gasteiger partial charge in [-0.3, -0.25) is 4.79 Å². The molecule has 4 rings (SSSR count). The second-order valence-electron chi connectivity index (χ2n) is 9.34. The van der Waals surface area contributed by atoms with Gasteiger partial charge in [-0.2, -0.15) is 4.31 Å². The summed E-state index contributed by atoms with van der Waals surface area (Å²) < 4.78 is 73.8. The van der Waals surface area contributed by atoms with Gasteiger partial charge in [-0.25, -0.2) is 25.5 Å². The van der Waals surface area contributed by atoms with Crippen LogP contribution in [0.15, 0.2) is 47.4 Å². The minimum absolute atomic E-state index is 0.0829. The van der Waals surface area contributed by atoms with Crippen LogP contribution >= 0.6 is 0 Å². The van der Waals surface area contributed by atoms with E-state index in [0.29, 0.717) is 18.8 Å². The van der Waals surface area contributed by atoms with E-state index < -0.39 is 37.5 Å². The van der Waals surface area contributed by atoms with Gasteiger partial charge in [0.15, 0.2) is 0 Å². The van der Waals surface area contributed by atoms with Gasteiger partial charge in [0, 0.05) is 37.7 Å². The number of ether oxygens (including phenoxy) is 1. The van der Waals surface area contributed by atoms with Crippen molar-refractivity contribution in [2.24, 2.45) is 5.92 Å². The molecule has 0 aliphatic carbocycles. The van der Waals surface area contributed by atoms with E-state index in [4.69, 9.17) is 4.74 Å². The SMILES string of the molecule is COc1ccc(S(=O)(=O)N2CCCCC2)cc1NC(=O)C1CCN(S(=O)(=O)Cc2ccccc2F)CC1. The van der Waals surface area contributed by atoms with E-state index in [0.717, 1.165) is 19.3 Å². The summed E-state index contributed by atoms with van der Waals surface area (Å²) in [5.41, 5.74) is 0.356. The lowest BCUT2D eigenvalue weighted by Crippen LogP contribution is -2.42. The van der Waals surface area contributed by atoms with Gasteiger partial charge in [0.2, 0.25) is 26.0 Å². The molecule has 12 heteroatoms. The maximum absolute atomic E-state index is 13.9. The predicted molar refractivity (Wildman–Crippen MR) is 138 cm³/mol. The van der Waals surface area contributed by atoms with Crippen LogP contribution in [0.3, 0.4) is 0 Å². The fourth-order valence-electron chi connectivity index (χ4n) is 4.73. The second-order valence-corrected chi connectivity index (χ2v) is 13.2. The number of halogens is 1. The van der Waals surface area contributed by atoms with Crippen molar-refractivity contribution in [2.75, 3.05) is 38.6 Å². The molecule has 9 nitrogen and oxygen atoms in total. The number of rotatable bonds is 8. The Morgan fingerprint density at radius 3 is 2.30 bits per heavy atom. The summed E-state index contributed by atoms with van der Waals surface area (Å²) in [6, 6.07) is 10.2. The fourth-order valence-corrected chi connectivity index (χ4v) is 7.85. The second kappa shape index (κ2) is 11.5. The maximum Gasteiger partial charge on any atom is 0.243 e. The summed E-state index contributed by atoms with van der Waals surface area (Å²) in [6.07, 6.45) is 3.20. The number of methoxy groups -OCH3 is 1. The standard InChI is InChI=1S/C25H32FN3O6S2/c1-35-24-10-9-21(37(33,34)29-13-5-2-6-14-29)17-23(24)27-25(30)19-11-15-28(16-12-19)36(31,32)18-20-7-3-4-8-22(20)26/h3-4,7-10,17,19H,2,5-6,11-16,18H2,1H3,(H,27,30). The Balaban J connectivity index is 1.41. The summed E-state index contributed by atoms with van der Waals surface area (Å²) in [4.78, 5) is 13.1. The van der Waals surface area contributed by atoms with Crippen LogP contribution < -0.4 is 10.1 Å². The molecular weight excluding hydrogens is 521 g/mol. The van der Waals surface area contributed by atoms with Crippen LogP contribution in [0.2, 0.25) is 0 Å². The molecule has 1 amide bonds. The molecule has 2 aromatic rings. The van der Waals surface area contributed by atoms with Crippen LogP contribution in [-0.4, -0.2) is 64.6 Å². The van der Waals surface area contributed by atoms with E-state index in [-0.39, 0.29) is 48.0 Å². The molecule has 2 aliphatic heterocycles. The molecule has 0 saturated carbocycles. The molecule has 1 N–H and O–H groups in total. The molecule has 2 heterocycles. The fraction of sp³-hybridized carbons (Fsp3) is 0.480. The quantitative estimate of drug-likeness (QED) is 0.537. The van der Waals surface area contributed by atoms with Gasteiger partial charge >= 0.3 is 0 Å². The highest BCUT2D eigenvalue weighted by molar-refractivity contribution is 7.89. The third kappa shape index (κ3) is 6.31. The number of anilines is 1. The van der Waals surface area contributed by atoms with E-state index >= 15 is 0 Å². The molecule has 0 aromatic heterocycles. The number of hydrogen-bond donors (Lipinski definition) is 1. The van der Waals surface area contributed by atoms with Gasteiger partial charge in [0.25, 0.3) is 0 Å². The third-order valence-corrected chi connectivity index (χ3v) is 10.6. The number of piperidine rings is 2. The Kier molecular flexibility index (Phi) is 8.52. The number of nitrogens with one attached hydrogen (secondary N) is 1. The molecule has 2 aromatic carbocycles. The van der Waals surface area contributed by atoms with Crippen molar-refractivity contribution >= 4 is 31.6 Å². The van der Waals surface area contributed by atoms with E-state index in [1.54, 1.807) is 6.07 Å². The first-order chi connectivity index (χ1) is 17.6. The van der Waals surface area contributed by atoms with Gasteiger partial charge in [0.1, 0.15) is 11.6 Å². The minimum Gasteiger partial charge on any atom is -0.495 e. The van der Waals surface area contributed by atoms with Gasteiger partial charge in [-0.15, -0.1) is 0 Å². The monoisotopic (exact) mass is 553 g/mol. The van der Waals surface area contributed by atoms with Crippen molar-refractivity contribution in [2.45, 2.75) is 42.8 Å². The molecule has 0 unspecified atom stereocenters. The number of benzene rings is 2. The van der Waals surface area contributed by atoms with E-state index in [1.807, 2.05) is 0 Å². The van der Waals surface area contributed by atoms with Gasteiger partial charge in [0.05, 0.1) is 23.4 Å². The molecular formula is C25H32FN3O6S2. The van der Waals surface area contributed by atoms with Crippen LogP contribution in [0.4, 0.5) is 10.1 Å². The lowest BCUT2D eigenvalue weighted by molar-refractivity contribution is -0.120. The predicted octanol–water partition coefficient (Wildman–Crippen LogP) is 3.19. The zero-order chi connectivity index (χ0) is 26.6. The molecule has 2 fully saturated rings. The summed E-state index contributed by atoms with van der Waals surface area (Å²) in [5, 5.41) is 2.78. The zero-order valence-corrected chi connectivity index (χ0v) is 22.4. The summed E-state index contributed by atoms with van der Waals surface area (Å²) in [7, 11) is -6.00. The van der Waals surface area contributed by atoms with E-state index in [9.17, 15) is 26.0 Å². The third-order valence-electron chi connectivity index (χ3n) is 6.90. The molecule has 0 radical (unpaired) electrons. The normalized spacial score (nSPS) is 18.4. The van der Waals surface area contributed by atoms with E-state index in [2.05, 4.69) is 5.32 Å². The number of sulfonamides is 2. The van der Waals surface area contributed by atoms with Crippen LogP contribution in [0, 0.1) is 11.7 Å². The topological polar surface area (TPSA) is 113 Å². The van der Waals surface area contributed by atoms with Crippen molar-refractivity contribution in [1.82, 2.24) is 8.61 Å². The highest BCUT2D eigenvalue weighted by Crippen LogP contribution is 2.31. The smallest absolute Gasteiger partial charge is 0.243 e. The molecule has 2 saturated heterocycles. The Bertz CT molecular complexity index is 1340. The maximum atomic E-state index is 13.9. The van der Waals surface area contributed by atoms with Crippen molar-refractivity contribution in [3.05, 3.63) is 53.8 Å². The molecule has 37 heavy (non-hydrogen) atoms. The molecule has 0 atom stereocenters. The lowest BCUT2D eigenvalue weighted by atomic mass is 9.97. The molecule has 202 valence electrons. The largest absolute Gasteiger partial charge is 0.495 e. The Morgan fingerprint density at radius 1 is 0.973 bits per heavy atom. The average molecular weight is 554 g/mol. The molecule has 0 spiro atoms. The summed E-state index contributed by atoms with van der Waals surface area (Å²) in [6.45, 7) is 1.20. The number of hydrogen-bond acceptors (Lipinski definition) is 6. The highest BCUT2D eigenvalue weighted by atomic mass is 32.2. The molecule has 0 bridgehead atoms. The number of carbonyl (C=O) groups is 1. The minimum atomic E-state index is -3.74. The van der Waals surface area contributed by atoms with Crippen LogP contribution in [0.5, 0.6) is 5.75 Å². The van der Waals surface area contributed by atoms with Crippen LogP contribution in [0.1, 0.15) is 37.7 Å². The first kappa shape index (κ1) is 27.5. The van der Waals surface area contributed by atoms with Crippen LogP contribution in [0.25, 0.3) is 0 Å². The first-order valence-electron chi connectivity index (χ1n) is 12.3. The number of amides is 1. The lowest BCUT2D eigenvalue weighted by Gasteiger charge is -2.30. The van der Waals surface area contributed by atoms with Crippen molar-refractivity contribution in [1.29, 1.82) is 0 Å². The average Bonchev–Trinajstić information content (AvgIpc) is 2.90. The van der Waals surface area contributed by atoms with Gasteiger partial charge in [-0.05, 0) is 49.9 Å². The molecule has 2 aliphatic rings. The number of nitrogens with zero attached hydrogens (tertiary/aromatic N) is 2.